The highest BCUT2D eigenvalue weighted by atomic mass is 16.5. The second-order valence-electron chi connectivity index (χ2n) is 5.04. The molecule has 112 valence electrons. The maximum Gasteiger partial charge on any atom is 0.280 e. The predicted octanol–water partition coefficient (Wildman–Crippen LogP) is 2.86. The summed E-state index contributed by atoms with van der Waals surface area (Å²) >= 11 is 0. The number of carbonyl (C=O) groups excluding carboxylic acids is 1. The van der Waals surface area contributed by atoms with Gasteiger partial charge >= 0.3 is 0 Å². The van der Waals surface area contributed by atoms with Crippen molar-refractivity contribution < 1.29 is 9.32 Å². The fraction of sp³-hybridized carbons (Fsp3) is 0.188. The third kappa shape index (κ3) is 2.76. The standard InChI is InChI=1S/C16H16N4O2/c1-11-5-3-4-6-14(11)20(10-15-17-7-8-18-15)16(21)13-9-12(2)22-19-13/h3-9H,10H2,1-2H3,(H,17,18). The topological polar surface area (TPSA) is 75.0 Å². The zero-order chi connectivity index (χ0) is 15.5. The fourth-order valence-corrected chi connectivity index (χ4v) is 2.27. The summed E-state index contributed by atoms with van der Waals surface area (Å²) in [5, 5.41) is 3.82. The van der Waals surface area contributed by atoms with Crippen LogP contribution in [0.2, 0.25) is 0 Å². The van der Waals surface area contributed by atoms with Crippen molar-refractivity contribution in [1.29, 1.82) is 0 Å². The van der Waals surface area contributed by atoms with Gasteiger partial charge in [-0.1, -0.05) is 23.4 Å². The van der Waals surface area contributed by atoms with E-state index in [1.54, 1.807) is 30.3 Å². The summed E-state index contributed by atoms with van der Waals surface area (Å²) in [4.78, 5) is 21.7. The van der Waals surface area contributed by atoms with Crippen LogP contribution in [0.5, 0.6) is 0 Å². The summed E-state index contributed by atoms with van der Waals surface area (Å²) in [6.45, 7) is 4.06. The van der Waals surface area contributed by atoms with Crippen molar-refractivity contribution in [2.75, 3.05) is 4.90 Å². The van der Waals surface area contributed by atoms with Crippen LogP contribution in [-0.4, -0.2) is 21.0 Å². The molecule has 3 rings (SSSR count). The van der Waals surface area contributed by atoms with Crippen LogP contribution in [0.15, 0.2) is 47.2 Å². The lowest BCUT2D eigenvalue weighted by atomic mass is 10.1. The number of anilines is 1. The van der Waals surface area contributed by atoms with Crippen LogP contribution in [0, 0.1) is 13.8 Å². The zero-order valence-electron chi connectivity index (χ0n) is 12.4. The molecule has 0 bridgehead atoms. The smallest absolute Gasteiger partial charge is 0.280 e. The van der Waals surface area contributed by atoms with Crippen molar-refractivity contribution in [1.82, 2.24) is 15.1 Å². The minimum Gasteiger partial charge on any atom is -0.361 e. The molecule has 6 heteroatoms. The molecule has 0 radical (unpaired) electrons. The average Bonchev–Trinajstić information content (AvgIpc) is 3.16. The summed E-state index contributed by atoms with van der Waals surface area (Å²) in [6.07, 6.45) is 3.40. The Labute approximate surface area is 127 Å². The van der Waals surface area contributed by atoms with E-state index in [4.69, 9.17) is 4.52 Å². The third-order valence-corrected chi connectivity index (χ3v) is 3.36. The van der Waals surface area contributed by atoms with Gasteiger partial charge in [-0.15, -0.1) is 0 Å². The molecular weight excluding hydrogens is 280 g/mol. The van der Waals surface area contributed by atoms with E-state index in [-0.39, 0.29) is 11.6 Å². The van der Waals surface area contributed by atoms with Crippen LogP contribution < -0.4 is 4.90 Å². The van der Waals surface area contributed by atoms with E-state index in [0.717, 1.165) is 11.3 Å². The van der Waals surface area contributed by atoms with E-state index in [0.29, 0.717) is 18.1 Å². The number of carbonyl (C=O) groups is 1. The SMILES string of the molecule is Cc1cc(C(=O)N(Cc2ncc[nH]2)c2ccccc2C)no1. The van der Waals surface area contributed by atoms with Gasteiger partial charge in [0.2, 0.25) is 0 Å². The Balaban J connectivity index is 1.99. The number of aryl methyl sites for hydroxylation is 2. The normalized spacial score (nSPS) is 10.6. The van der Waals surface area contributed by atoms with Crippen LogP contribution in [0.1, 0.15) is 27.6 Å². The molecule has 0 aliphatic heterocycles. The predicted molar refractivity (Wildman–Crippen MR) is 81.5 cm³/mol. The van der Waals surface area contributed by atoms with Crippen LogP contribution in [0.25, 0.3) is 0 Å². The molecule has 0 spiro atoms. The molecule has 22 heavy (non-hydrogen) atoms. The highest BCUT2D eigenvalue weighted by molar-refractivity contribution is 6.05. The van der Waals surface area contributed by atoms with Crippen LogP contribution >= 0.6 is 0 Å². The van der Waals surface area contributed by atoms with E-state index in [2.05, 4.69) is 15.1 Å². The maximum atomic E-state index is 12.8. The first-order chi connectivity index (χ1) is 10.6. The molecule has 3 aromatic rings. The number of amides is 1. The largest absolute Gasteiger partial charge is 0.361 e. The second-order valence-corrected chi connectivity index (χ2v) is 5.04. The van der Waals surface area contributed by atoms with Gasteiger partial charge in [0.15, 0.2) is 5.69 Å². The monoisotopic (exact) mass is 296 g/mol. The minimum absolute atomic E-state index is 0.220. The Hall–Kier alpha value is -2.89. The van der Waals surface area contributed by atoms with E-state index in [1.165, 1.54) is 0 Å². The third-order valence-electron chi connectivity index (χ3n) is 3.36. The molecule has 1 amide bonds. The van der Waals surface area contributed by atoms with E-state index in [1.807, 2.05) is 31.2 Å². The summed E-state index contributed by atoms with van der Waals surface area (Å²) < 4.78 is 5.02. The van der Waals surface area contributed by atoms with Gasteiger partial charge in [0.1, 0.15) is 11.6 Å². The molecule has 0 fully saturated rings. The van der Waals surface area contributed by atoms with Crippen LogP contribution in [0.4, 0.5) is 5.69 Å². The highest BCUT2D eigenvalue weighted by Gasteiger charge is 2.23. The lowest BCUT2D eigenvalue weighted by Gasteiger charge is -2.22. The lowest BCUT2D eigenvalue weighted by Crippen LogP contribution is -2.31. The van der Waals surface area contributed by atoms with E-state index in [9.17, 15) is 4.79 Å². The molecule has 1 aromatic carbocycles. The second kappa shape index (κ2) is 5.85. The lowest BCUT2D eigenvalue weighted by molar-refractivity contribution is 0.0975. The van der Waals surface area contributed by atoms with Gasteiger partial charge in [-0.25, -0.2) is 4.98 Å². The van der Waals surface area contributed by atoms with Gasteiger partial charge in [-0.3, -0.25) is 9.69 Å². The quantitative estimate of drug-likeness (QED) is 0.803. The number of imidazole rings is 1. The van der Waals surface area contributed by atoms with Gasteiger partial charge in [-0.2, -0.15) is 0 Å². The van der Waals surface area contributed by atoms with Gasteiger partial charge in [0, 0.05) is 24.1 Å². The number of H-pyrrole nitrogens is 1. The highest BCUT2D eigenvalue weighted by Crippen LogP contribution is 2.23. The molecule has 0 saturated carbocycles. The minimum atomic E-state index is -0.220. The molecule has 0 saturated heterocycles. The van der Waals surface area contributed by atoms with Gasteiger partial charge in [-0.05, 0) is 25.5 Å². The van der Waals surface area contributed by atoms with E-state index >= 15 is 0 Å². The molecule has 2 aromatic heterocycles. The summed E-state index contributed by atoms with van der Waals surface area (Å²) in [5.41, 5.74) is 2.11. The number of rotatable bonds is 4. The van der Waals surface area contributed by atoms with Crippen LogP contribution in [-0.2, 0) is 6.54 Å². The van der Waals surface area contributed by atoms with Crippen molar-refractivity contribution in [3.63, 3.8) is 0 Å². The van der Waals surface area contributed by atoms with Crippen molar-refractivity contribution in [2.24, 2.45) is 0 Å². The Kier molecular flexibility index (Phi) is 3.74. The molecule has 0 unspecified atom stereocenters. The van der Waals surface area contributed by atoms with Crippen molar-refractivity contribution >= 4 is 11.6 Å². The molecule has 1 N–H and O–H groups in total. The van der Waals surface area contributed by atoms with Crippen LogP contribution in [0.3, 0.4) is 0 Å². The summed E-state index contributed by atoms with van der Waals surface area (Å²) in [5.74, 6) is 1.09. The number of nitrogens with zero attached hydrogens (tertiary/aromatic N) is 3. The zero-order valence-corrected chi connectivity index (χ0v) is 12.4. The van der Waals surface area contributed by atoms with E-state index < -0.39 is 0 Å². The maximum absolute atomic E-state index is 12.8. The first-order valence-corrected chi connectivity index (χ1v) is 6.94. The molecule has 0 atom stereocenters. The number of nitrogens with one attached hydrogen (secondary N) is 1. The average molecular weight is 296 g/mol. The summed E-state index contributed by atoms with van der Waals surface area (Å²) in [6, 6.07) is 9.35. The molecule has 6 nitrogen and oxygen atoms in total. The number of para-hydroxylation sites is 1. The number of hydrogen-bond acceptors (Lipinski definition) is 4. The first kappa shape index (κ1) is 14.1. The van der Waals surface area contributed by atoms with Crippen molar-refractivity contribution in [3.8, 4) is 0 Å². The Morgan fingerprint density at radius 1 is 1.32 bits per heavy atom. The van der Waals surface area contributed by atoms with Gasteiger partial charge in [0.25, 0.3) is 5.91 Å². The van der Waals surface area contributed by atoms with Crippen molar-refractivity contribution in [2.45, 2.75) is 20.4 Å². The summed E-state index contributed by atoms with van der Waals surface area (Å²) in [7, 11) is 0. The van der Waals surface area contributed by atoms with Gasteiger partial charge in [0.05, 0.1) is 6.54 Å². The Morgan fingerprint density at radius 3 is 2.77 bits per heavy atom. The Bertz CT molecular complexity index is 777. The number of aromatic nitrogens is 3. The molecule has 2 heterocycles. The van der Waals surface area contributed by atoms with Gasteiger partial charge < -0.3 is 9.51 Å². The Morgan fingerprint density at radius 2 is 2.14 bits per heavy atom. The fourth-order valence-electron chi connectivity index (χ4n) is 2.27. The van der Waals surface area contributed by atoms with Crippen molar-refractivity contribution in [3.05, 3.63) is 65.6 Å². The first-order valence-electron chi connectivity index (χ1n) is 6.94. The molecular formula is C16H16N4O2. The number of aromatic amines is 1. The number of hydrogen-bond donors (Lipinski definition) is 1. The number of benzene rings is 1. The molecule has 0 aliphatic rings. The molecule has 0 aliphatic carbocycles.